The molecular formula is C8H11F3N2O. The van der Waals surface area contributed by atoms with Gasteiger partial charge in [-0.15, -0.1) is 0 Å². The van der Waals surface area contributed by atoms with Crippen LogP contribution in [0.1, 0.15) is 12.6 Å². The van der Waals surface area contributed by atoms with Crippen LogP contribution >= 0.6 is 0 Å². The van der Waals surface area contributed by atoms with Gasteiger partial charge in [0, 0.05) is 11.8 Å². The van der Waals surface area contributed by atoms with Crippen LogP contribution in [0.25, 0.3) is 0 Å². The summed E-state index contributed by atoms with van der Waals surface area (Å²) >= 11 is 0. The van der Waals surface area contributed by atoms with Crippen molar-refractivity contribution in [2.75, 3.05) is 5.73 Å². The summed E-state index contributed by atoms with van der Waals surface area (Å²) in [5, 5.41) is 0. The Morgan fingerprint density at radius 3 is 2.43 bits per heavy atom. The van der Waals surface area contributed by atoms with E-state index < -0.39 is 12.3 Å². The molecule has 0 saturated carbocycles. The largest absolute Gasteiger partial charge is 0.477 e. The van der Waals surface area contributed by atoms with E-state index in [2.05, 4.69) is 9.72 Å². The molecular weight excluding hydrogens is 197 g/mol. The van der Waals surface area contributed by atoms with Gasteiger partial charge >= 0.3 is 6.18 Å². The molecule has 0 aromatic carbocycles. The van der Waals surface area contributed by atoms with Gasteiger partial charge in [-0.1, -0.05) is 0 Å². The van der Waals surface area contributed by atoms with Crippen LogP contribution in [0.4, 0.5) is 19.0 Å². The monoisotopic (exact) mass is 208 g/mol. The Balaban J connectivity index is 2.74. The Kier molecular flexibility index (Phi) is 2.64. The Morgan fingerprint density at radius 2 is 2.07 bits per heavy atom. The van der Waals surface area contributed by atoms with Crippen LogP contribution in [0.15, 0.2) is 6.07 Å². The van der Waals surface area contributed by atoms with Crippen molar-refractivity contribution in [3.8, 4) is 5.75 Å². The van der Waals surface area contributed by atoms with Crippen molar-refractivity contribution < 1.29 is 17.9 Å². The molecule has 1 heterocycles. The minimum Gasteiger partial charge on any atom is -0.477 e. The molecule has 1 aromatic rings. The van der Waals surface area contributed by atoms with Gasteiger partial charge in [-0.05, 0) is 13.8 Å². The average molecular weight is 208 g/mol. The molecule has 0 fully saturated rings. The van der Waals surface area contributed by atoms with Gasteiger partial charge in [0.05, 0.1) is 0 Å². The highest BCUT2D eigenvalue weighted by Gasteiger charge is 2.38. The third-order valence-electron chi connectivity index (χ3n) is 1.71. The number of rotatable bonds is 2. The summed E-state index contributed by atoms with van der Waals surface area (Å²) in [6, 6.07) is 1.43. The Bertz CT molecular complexity index is 319. The van der Waals surface area contributed by atoms with Crippen LogP contribution in [-0.2, 0) is 0 Å². The number of anilines is 1. The van der Waals surface area contributed by atoms with E-state index in [0.717, 1.165) is 6.92 Å². The van der Waals surface area contributed by atoms with E-state index in [1.54, 1.807) is 6.92 Å². The van der Waals surface area contributed by atoms with Gasteiger partial charge in [-0.25, -0.2) is 0 Å². The maximum Gasteiger partial charge on any atom is 0.425 e. The van der Waals surface area contributed by atoms with Gasteiger partial charge in [0.15, 0.2) is 11.9 Å². The van der Waals surface area contributed by atoms with Crippen molar-refractivity contribution in [2.45, 2.75) is 26.1 Å². The molecule has 0 bridgehead atoms. The molecule has 0 spiro atoms. The van der Waals surface area contributed by atoms with Crippen LogP contribution in [0.3, 0.4) is 0 Å². The minimum atomic E-state index is -4.38. The first-order chi connectivity index (χ1) is 6.30. The predicted molar refractivity (Wildman–Crippen MR) is 46.1 cm³/mol. The minimum absolute atomic E-state index is 0.0346. The van der Waals surface area contributed by atoms with Crippen molar-refractivity contribution in [3.05, 3.63) is 11.8 Å². The Hall–Kier alpha value is -1.33. The molecule has 0 aliphatic carbocycles. The normalized spacial score (nSPS) is 14.1. The van der Waals surface area contributed by atoms with E-state index in [9.17, 15) is 13.2 Å². The average Bonchev–Trinajstić information content (AvgIpc) is 2.28. The quantitative estimate of drug-likeness (QED) is 0.783. The van der Waals surface area contributed by atoms with E-state index in [4.69, 9.17) is 5.73 Å². The second-order valence-electron chi connectivity index (χ2n) is 3.03. The van der Waals surface area contributed by atoms with Crippen LogP contribution < -0.4 is 10.5 Å². The van der Waals surface area contributed by atoms with E-state index in [1.807, 2.05) is 0 Å². The SMILES string of the molecule is Cc1cc(OC(C)C(F)(F)F)c(N)[nH]1. The standard InChI is InChI=1S/C8H11F3N2O/c1-4-3-6(7(12)13-4)14-5(2)8(9,10)11/h3,5,13H,12H2,1-2H3. The highest BCUT2D eigenvalue weighted by atomic mass is 19.4. The van der Waals surface area contributed by atoms with Crippen LogP contribution in [0.5, 0.6) is 5.75 Å². The van der Waals surface area contributed by atoms with Gasteiger partial charge in [0.25, 0.3) is 0 Å². The van der Waals surface area contributed by atoms with Gasteiger partial charge in [0.1, 0.15) is 5.82 Å². The lowest BCUT2D eigenvalue weighted by Crippen LogP contribution is -2.31. The molecule has 0 aliphatic rings. The number of hydrogen-bond donors (Lipinski definition) is 2. The highest BCUT2D eigenvalue weighted by molar-refractivity contribution is 5.48. The zero-order valence-electron chi connectivity index (χ0n) is 7.77. The fourth-order valence-electron chi connectivity index (χ4n) is 0.939. The third-order valence-corrected chi connectivity index (χ3v) is 1.71. The molecule has 3 N–H and O–H groups in total. The van der Waals surface area contributed by atoms with E-state index in [1.165, 1.54) is 6.07 Å². The second kappa shape index (κ2) is 3.43. The number of nitrogens with one attached hydrogen (secondary N) is 1. The highest BCUT2D eigenvalue weighted by Crippen LogP contribution is 2.28. The van der Waals surface area contributed by atoms with Crippen molar-refractivity contribution in [2.24, 2.45) is 0 Å². The number of hydrogen-bond acceptors (Lipinski definition) is 2. The Labute approximate surface area is 79.1 Å². The number of nitrogen functional groups attached to an aromatic ring is 1. The van der Waals surface area contributed by atoms with Crippen LogP contribution in [-0.4, -0.2) is 17.3 Å². The maximum atomic E-state index is 12.1. The maximum absolute atomic E-state index is 12.1. The van der Waals surface area contributed by atoms with Crippen LogP contribution in [0.2, 0.25) is 0 Å². The number of halogens is 3. The fourth-order valence-corrected chi connectivity index (χ4v) is 0.939. The third kappa shape index (κ3) is 2.34. The lowest BCUT2D eigenvalue weighted by molar-refractivity contribution is -0.189. The summed E-state index contributed by atoms with van der Waals surface area (Å²) in [6.45, 7) is 2.61. The lowest BCUT2D eigenvalue weighted by Gasteiger charge is -2.16. The molecule has 0 amide bonds. The summed E-state index contributed by atoms with van der Waals surface area (Å²) in [5.74, 6) is 0.144. The summed E-state index contributed by atoms with van der Waals surface area (Å²) in [7, 11) is 0. The number of aromatic amines is 1. The fraction of sp³-hybridized carbons (Fsp3) is 0.500. The molecule has 1 rings (SSSR count). The number of nitrogens with two attached hydrogens (primary N) is 1. The molecule has 80 valence electrons. The van der Waals surface area contributed by atoms with Crippen molar-refractivity contribution >= 4 is 5.82 Å². The number of H-pyrrole nitrogens is 1. The van der Waals surface area contributed by atoms with E-state index >= 15 is 0 Å². The zero-order chi connectivity index (χ0) is 10.9. The molecule has 1 atom stereocenters. The summed E-state index contributed by atoms with van der Waals surface area (Å²) in [6.07, 6.45) is -6.24. The molecule has 6 heteroatoms. The smallest absolute Gasteiger partial charge is 0.425 e. The zero-order valence-corrected chi connectivity index (χ0v) is 7.77. The molecule has 1 unspecified atom stereocenters. The molecule has 0 saturated heterocycles. The first-order valence-corrected chi connectivity index (χ1v) is 3.99. The number of alkyl halides is 3. The van der Waals surface area contributed by atoms with Crippen LogP contribution in [0, 0.1) is 6.92 Å². The molecule has 14 heavy (non-hydrogen) atoms. The van der Waals surface area contributed by atoms with Gasteiger partial charge in [-0.2, -0.15) is 13.2 Å². The second-order valence-corrected chi connectivity index (χ2v) is 3.03. The number of ether oxygens (including phenoxy) is 1. The predicted octanol–water partition coefficient (Wildman–Crippen LogP) is 2.23. The van der Waals surface area contributed by atoms with E-state index in [-0.39, 0.29) is 11.6 Å². The summed E-state index contributed by atoms with van der Waals surface area (Å²) in [4.78, 5) is 2.65. The molecule has 0 aliphatic heterocycles. The lowest BCUT2D eigenvalue weighted by atomic mass is 10.4. The van der Waals surface area contributed by atoms with Gasteiger partial charge in [0.2, 0.25) is 0 Å². The van der Waals surface area contributed by atoms with Crippen molar-refractivity contribution in [1.29, 1.82) is 0 Å². The number of aryl methyl sites for hydroxylation is 1. The molecule has 1 aromatic heterocycles. The van der Waals surface area contributed by atoms with Gasteiger partial charge < -0.3 is 15.5 Å². The Morgan fingerprint density at radius 1 is 1.50 bits per heavy atom. The van der Waals surface area contributed by atoms with Gasteiger partial charge in [-0.3, -0.25) is 0 Å². The molecule has 0 radical (unpaired) electrons. The van der Waals surface area contributed by atoms with E-state index in [0.29, 0.717) is 5.69 Å². The molecule has 3 nitrogen and oxygen atoms in total. The summed E-state index contributed by atoms with van der Waals surface area (Å²) in [5.41, 5.74) is 6.04. The first-order valence-electron chi connectivity index (χ1n) is 3.99. The topological polar surface area (TPSA) is 51.0 Å². The van der Waals surface area contributed by atoms with Crippen molar-refractivity contribution in [3.63, 3.8) is 0 Å². The number of aromatic nitrogens is 1. The summed E-state index contributed by atoms with van der Waals surface area (Å²) < 4.78 is 40.9. The van der Waals surface area contributed by atoms with Crippen molar-refractivity contribution in [1.82, 2.24) is 4.98 Å². The first kappa shape index (κ1) is 10.7.